The molecule has 16 nitrogen and oxygen atoms in total. The number of aromatic hydroxyl groups is 1. The first kappa shape index (κ1) is 31.6. The van der Waals surface area contributed by atoms with Crippen LogP contribution in [0.1, 0.15) is 0 Å². The summed E-state index contributed by atoms with van der Waals surface area (Å²) in [4.78, 5) is 25.4. The number of phenolic OH excluding ortho intramolecular Hbond substituents is 1. The lowest BCUT2D eigenvalue weighted by Crippen LogP contribution is -2.65. The lowest BCUT2D eigenvalue weighted by atomic mass is 9.96. The van der Waals surface area contributed by atoms with E-state index in [1.54, 1.807) is 30.3 Å². The fourth-order valence-electron chi connectivity index (χ4n) is 5.01. The largest absolute Gasteiger partial charge is 0.502 e. The Hall–Kier alpha value is -3.84. The maximum atomic E-state index is 13.3. The third kappa shape index (κ3) is 5.70. The number of carboxylic acids is 1. The first-order valence-corrected chi connectivity index (χ1v) is 13.3. The van der Waals surface area contributed by atoms with E-state index in [1.165, 1.54) is 13.2 Å². The molecule has 0 aliphatic carbocycles. The lowest BCUT2D eigenvalue weighted by Gasteiger charge is -2.45. The molecule has 5 rings (SSSR count). The summed E-state index contributed by atoms with van der Waals surface area (Å²) in [6, 6.07) is 11.0. The van der Waals surface area contributed by atoms with E-state index in [1.807, 2.05) is 0 Å². The van der Waals surface area contributed by atoms with E-state index in [0.717, 1.165) is 6.07 Å². The van der Waals surface area contributed by atoms with E-state index in [2.05, 4.69) is 0 Å². The number of aliphatic hydroxyl groups is 6. The fourth-order valence-corrected chi connectivity index (χ4v) is 5.01. The molecule has 3 aromatic rings. The minimum absolute atomic E-state index is 0.106. The fraction of sp³-hybridized carbons (Fsp3) is 0.429. The van der Waals surface area contributed by atoms with Crippen LogP contribution in [0.3, 0.4) is 0 Å². The van der Waals surface area contributed by atoms with E-state index in [9.17, 15) is 50.4 Å². The van der Waals surface area contributed by atoms with Gasteiger partial charge in [0.15, 0.2) is 29.3 Å². The molecule has 0 radical (unpaired) electrons. The zero-order valence-corrected chi connectivity index (χ0v) is 22.9. The standard InChI is InChI=1S/C28H30O16/c1-39-14-8-13-16(11(30)7-12(40-13)10-5-3-2-4-6-10)23(18(14)32)42-28-22(36)20(34)24(25(44-28)26(37)38)43-27-21(35)19(33)17(31)15(9-29)41-27/h2-8,15,17,19-22,24-25,27-29,31-36H,9H2,1H3,(H,37,38)/t15-,17-,19+,20-,21-,22-,24+,25+,27+,28+/m0/s1. The van der Waals surface area contributed by atoms with Crippen molar-refractivity contribution >= 4 is 16.9 Å². The number of methoxy groups -OCH3 is 1. The number of hydrogen-bond acceptors (Lipinski definition) is 15. The van der Waals surface area contributed by atoms with Gasteiger partial charge in [0, 0.05) is 17.7 Å². The lowest BCUT2D eigenvalue weighted by molar-refractivity contribution is -0.348. The molecule has 0 saturated carbocycles. The number of benzene rings is 2. The molecule has 16 heteroatoms. The third-order valence-electron chi connectivity index (χ3n) is 7.35. The van der Waals surface area contributed by atoms with E-state index in [-0.39, 0.29) is 22.5 Å². The molecule has 2 aromatic carbocycles. The van der Waals surface area contributed by atoms with Crippen LogP contribution in [0.25, 0.3) is 22.3 Å². The van der Waals surface area contributed by atoms with E-state index in [0.29, 0.717) is 5.56 Å². The molecule has 2 fully saturated rings. The van der Waals surface area contributed by atoms with Gasteiger partial charge in [-0.25, -0.2) is 4.79 Å². The van der Waals surface area contributed by atoms with Crippen molar-refractivity contribution in [2.24, 2.45) is 0 Å². The van der Waals surface area contributed by atoms with Gasteiger partial charge in [0.2, 0.25) is 12.0 Å². The summed E-state index contributed by atoms with van der Waals surface area (Å²) in [6.07, 6.45) is -19.2. The van der Waals surface area contributed by atoms with Crippen molar-refractivity contribution in [1.29, 1.82) is 0 Å². The summed E-state index contributed by atoms with van der Waals surface area (Å²) in [7, 11) is 1.21. The van der Waals surface area contributed by atoms with Crippen LogP contribution in [0, 0.1) is 0 Å². The zero-order valence-electron chi connectivity index (χ0n) is 22.9. The van der Waals surface area contributed by atoms with Gasteiger partial charge in [0.1, 0.15) is 59.5 Å². The molecular weight excluding hydrogens is 592 g/mol. The van der Waals surface area contributed by atoms with Crippen LogP contribution < -0.4 is 14.9 Å². The maximum absolute atomic E-state index is 13.3. The van der Waals surface area contributed by atoms with Gasteiger partial charge in [-0.2, -0.15) is 0 Å². The van der Waals surface area contributed by atoms with Gasteiger partial charge in [-0.05, 0) is 0 Å². The third-order valence-corrected chi connectivity index (χ3v) is 7.35. The summed E-state index contributed by atoms with van der Waals surface area (Å²) in [5, 5.41) is 81.9. The second-order valence-corrected chi connectivity index (χ2v) is 10.1. The Morgan fingerprint density at radius 3 is 2.23 bits per heavy atom. The molecule has 44 heavy (non-hydrogen) atoms. The van der Waals surface area contributed by atoms with Gasteiger partial charge in [-0.1, -0.05) is 30.3 Å². The van der Waals surface area contributed by atoms with E-state index >= 15 is 0 Å². The highest BCUT2D eigenvalue weighted by molar-refractivity contribution is 5.90. The van der Waals surface area contributed by atoms with Gasteiger partial charge in [-0.3, -0.25) is 4.79 Å². The van der Waals surface area contributed by atoms with E-state index in [4.69, 9.17) is 28.1 Å². The number of fused-ring (bicyclic) bond motifs is 1. The average molecular weight is 623 g/mol. The number of aliphatic hydroxyl groups excluding tert-OH is 6. The number of carboxylic acid groups (broad SMARTS) is 1. The Morgan fingerprint density at radius 2 is 1.59 bits per heavy atom. The quantitative estimate of drug-likeness (QED) is 0.139. The monoisotopic (exact) mass is 622 g/mol. The Balaban J connectivity index is 1.47. The number of aliphatic carboxylic acids is 1. The van der Waals surface area contributed by atoms with Crippen molar-refractivity contribution in [3.05, 3.63) is 52.7 Å². The zero-order chi connectivity index (χ0) is 31.9. The maximum Gasteiger partial charge on any atom is 0.335 e. The molecule has 1 aromatic heterocycles. The Bertz CT molecular complexity index is 1540. The van der Waals surface area contributed by atoms with Crippen molar-refractivity contribution in [2.45, 2.75) is 61.4 Å². The number of phenols is 1. The van der Waals surface area contributed by atoms with Crippen LogP contribution >= 0.6 is 0 Å². The van der Waals surface area contributed by atoms with Gasteiger partial charge in [0.05, 0.1) is 13.7 Å². The second-order valence-electron chi connectivity index (χ2n) is 10.1. The van der Waals surface area contributed by atoms with Crippen molar-refractivity contribution in [3.63, 3.8) is 0 Å². The van der Waals surface area contributed by atoms with Gasteiger partial charge >= 0.3 is 5.97 Å². The van der Waals surface area contributed by atoms with Crippen LogP contribution in [0.4, 0.5) is 0 Å². The molecule has 238 valence electrons. The van der Waals surface area contributed by atoms with E-state index < -0.39 is 90.9 Å². The normalized spacial score (nSPS) is 32.3. The summed E-state index contributed by atoms with van der Waals surface area (Å²) < 4.78 is 32.7. The smallest absolute Gasteiger partial charge is 0.335 e. The molecule has 2 saturated heterocycles. The highest BCUT2D eigenvalue weighted by Crippen LogP contribution is 2.44. The van der Waals surface area contributed by atoms with Crippen molar-refractivity contribution in [3.8, 4) is 28.6 Å². The van der Waals surface area contributed by atoms with Crippen molar-refractivity contribution in [1.82, 2.24) is 0 Å². The molecule has 2 aliphatic rings. The van der Waals surface area contributed by atoms with Gasteiger partial charge in [0.25, 0.3) is 0 Å². The minimum Gasteiger partial charge on any atom is -0.502 e. The first-order chi connectivity index (χ1) is 21.0. The number of rotatable bonds is 8. The van der Waals surface area contributed by atoms with Crippen molar-refractivity contribution in [2.75, 3.05) is 13.7 Å². The molecule has 0 spiro atoms. The highest BCUT2D eigenvalue weighted by atomic mass is 16.7. The summed E-state index contributed by atoms with van der Waals surface area (Å²) in [6.45, 7) is -0.811. The number of carbonyl (C=O) groups is 1. The second kappa shape index (κ2) is 12.6. The van der Waals surface area contributed by atoms with Crippen LogP contribution in [-0.2, 0) is 19.0 Å². The summed E-state index contributed by atoms with van der Waals surface area (Å²) in [5.41, 5.74) is -0.238. The summed E-state index contributed by atoms with van der Waals surface area (Å²) in [5.74, 6) is -3.11. The highest BCUT2D eigenvalue weighted by Gasteiger charge is 2.53. The van der Waals surface area contributed by atoms with Crippen molar-refractivity contribution < 1.29 is 73.7 Å². The molecule has 2 aliphatic heterocycles. The molecule has 0 unspecified atom stereocenters. The van der Waals surface area contributed by atoms with Crippen LogP contribution in [-0.4, -0.2) is 122 Å². The molecule has 0 bridgehead atoms. The Labute approximate surface area is 247 Å². The number of ether oxygens (including phenoxy) is 5. The number of hydrogen-bond donors (Lipinski definition) is 8. The van der Waals surface area contributed by atoms with Crippen LogP contribution in [0.2, 0.25) is 0 Å². The topological polar surface area (TPSA) is 255 Å². The first-order valence-electron chi connectivity index (χ1n) is 13.3. The Morgan fingerprint density at radius 1 is 0.909 bits per heavy atom. The Kier molecular flexibility index (Phi) is 9.07. The van der Waals surface area contributed by atoms with Crippen LogP contribution in [0.5, 0.6) is 17.2 Å². The average Bonchev–Trinajstić information content (AvgIpc) is 3.01. The minimum atomic E-state index is -2.12. The van der Waals surface area contributed by atoms with Gasteiger partial charge < -0.3 is 69.0 Å². The summed E-state index contributed by atoms with van der Waals surface area (Å²) >= 11 is 0. The predicted octanol–water partition coefficient (Wildman–Crippen LogP) is -1.73. The molecule has 3 heterocycles. The SMILES string of the molecule is COc1cc2oc(-c3ccccc3)cc(=O)c2c(O[C@@H]2O[C@@H](C(=O)O)[C@H](O[C@H]3O[C@@H](CO)[C@H](O)[C@@H](O)[C@@H]3O)[C@@H](O)[C@@H]2O)c1O. The molecule has 0 amide bonds. The molecule has 10 atom stereocenters. The van der Waals surface area contributed by atoms with Crippen LogP contribution in [0.15, 0.2) is 51.7 Å². The molecular formula is C28H30O16. The predicted molar refractivity (Wildman–Crippen MR) is 144 cm³/mol. The molecule has 8 N–H and O–H groups in total. The van der Waals surface area contributed by atoms with Gasteiger partial charge in [-0.15, -0.1) is 0 Å².